The first-order valence-corrected chi connectivity index (χ1v) is 8.74. The molecule has 0 aliphatic carbocycles. The van der Waals surface area contributed by atoms with Gasteiger partial charge in [0.05, 0.1) is 16.6 Å². The van der Waals surface area contributed by atoms with E-state index >= 15 is 0 Å². The van der Waals surface area contributed by atoms with Crippen LogP contribution in [0.25, 0.3) is 0 Å². The van der Waals surface area contributed by atoms with Crippen LogP contribution in [0, 0.1) is 11.7 Å². The molecule has 1 aromatic rings. The summed E-state index contributed by atoms with van der Waals surface area (Å²) in [7, 11) is 1.18. The molecule has 1 fully saturated rings. The van der Waals surface area contributed by atoms with Crippen LogP contribution < -0.4 is 5.32 Å². The van der Waals surface area contributed by atoms with Gasteiger partial charge in [-0.25, -0.2) is 12.8 Å². The van der Waals surface area contributed by atoms with Crippen molar-refractivity contribution in [2.45, 2.75) is 24.3 Å². The van der Waals surface area contributed by atoms with Crippen molar-refractivity contribution in [3.05, 3.63) is 29.6 Å². The van der Waals surface area contributed by atoms with E-state index in [1.165, 1.54) is 0 Å². The number of rotatable bonds is 4. The fourth-order valence-electron chi connectivity index (χ4n) is 2.19. The molecular weight excluding hydrogens is 321 g/mol. The predicted molar refractivity (Wildman–Crippen MR) is 75.3 cm³/mol. The first-order valence-electron chi connectivity index (χ1n) is 6.43. The molecule has 1 aliphatic rings. The Hall–Kier alpha value is -1.18. The highest BCUT2D eigenvalue weighted by Crippen LogP contribution is 2.21. The van der Waals surface area contributed by atoms with Crippen LogP contribution >= 0.6 is 10.7 Å². The van der Waals surface area contributed by atoms with Crippen LogP contribution in [0.15, 0.2) is 23.1 Å². The summed E-state index contributed by atoms with van der Waals surface area (Å²) in [4.78, 5) is 11.7. The lowest BCUT2D eigenvalue weighted by Crippen LogP contribution is -2.32. The average Bonchev–Trinajstić information content (AvgIpc) is 2.80. The molecule has 1 saturated heterocycles. The van der Waals surface area contributed by atoms with E-state index in [4.69, 9.17) is 15.4 Å². The van der Waals surface area contributed by atoms with Crippen LogP contribution in [0.1, 0.15) is 23.7 Å². The van der Waals surface area contributed by atoms with Crippen molar-refractivity contribution in [3.63, 3.8) is 0 Å². The zero-order chi connectivity index (χ0) is 15.6. The molecule has 5 nitrogen and oxygen atoms in total. The summed E-state index contributed by atoms with van der Waals surface area (Å²) in [5.41, 5.74) is -0.344. The van der Waals surface area contributed by atoms with Gasteiger partial charge in [-0.2, -0.15) is 0 Å². The number of ether oxygens (including phenoxy) is 1. The van der Waals surface area contributed by atoms with E-state index < -0.39 is 20.8 Å². The lowest BCUT2D eigenvalue weighted by Gasteiger charge is -2.15. The minimum atomic E-state index is -4.01. The zero-order valence-electron chi connectivity index (χ0n) is 11.3. The Kier molecular flexibility index (Phi) is 4.85. The summed E-state index contributed by atoms with van der Waals surface area (Å²) in [6.07, 6.45) is 0.852. The maximum Gasteiger partial charge on any atom is 0.261 e. The molecule has 1 aromatic carbocycles. The maximum atomic E-state index is 13.7. The van der Waals surface area contributed by atoms with Crippen molar-refractivity contribution in [1.82, 2.24) is 5.32 Å². The number of halogens is 2. The van der Waals surface area contributed by atoms with Crippen molar-refractivity contribution in [2.24, 2.45) is 5.92 Å². The van der Waals surface area contributed by atoms with Crippen LogP contribution in [-0.2, 0) is 13.8 Å². The molecule has 1 amide bonds. The fraction of sp³-hybridized carbons (Fsp3) is 0.462. The second-order valence-electron chi connectivity index (χ2n) is 4.91. The van der Waals surface area contributed by atoms with E-state index in [1.54, 1.807) is 0 Å². The Morgan fingerprint density at radius 3 is 2.81 bits per heavy atom. The maximum absolute atomic E-state index is 13.7. The van der Waals surface area contributed by atoms with Crippen LogP contribution in [0.5, 0.6) is 0 Å². The van der Waals surface area contributed by atoms with Gasteiger partial charge in [0.2, 0.25) is 0 Å². The zero-order valence-corrected chi connectivity index (χ0v) is 12.9. The third-order valence-electron chi connectivity index (χ3n) is 3.52. The Bertz CT molecular complexity index is 650. The molecule has 0 radical (unpaired) electrons. The molecule has 1 N–H and O–H groups in total. The van der Waals surface area contributed by atoms with Crippen molar-refractivity contribution < 1.29 is 22.3 Å². The molecule has 2 atom stereocenters. The molecule has 2 unspecified atom stereocenters. The molecule has 1 heterocycles. The third-order valence-corrected chi connectivity index (χ3v) is 4.87. The lowest BCUT2D eigenvalue weighted by molar-refractivity contribution is 0.0904. The molecule has 116 valence electrons. The standard InChI is InChI=1S/C13H15ClFNO4S/c1-8-9(4-5-20-8)7-16-13(17)11-6-10(21(14,18)19)2-3-12(11)15/h2-3,6,8-9H,4-5,7H2,1H3,(H,16,17). The smallest absolute Gasteiger partial charge is 0.261 e. The molecule has 1 aliphatic heterocycles. The van der Waals surface area contributed by atoms with E-state index in [1.807, 2.05) is 6.92 Å². The number of hydrogen-bond donors (Lipinski definition) is 1. The van der Waals surface area contributed by atoms with Gasteiger partial charge in [-0.15, -0.1) is 0 Å². The number of benzene rings is 1. The number of nitrogens with one attached hydrogen (secondary N) is 1. The highest BCUT2D eigenvalue weighted by molar-refractivity contribution is 8.13. The van der Waals surface area contributed by atoms with Crippen LogP contribution in [0.4, 0.5) is 4.39 Å². The van der Waals surface area contributed by atoms with E-state index in [0.29, 0.717) is 13.2 Å². The number of amides is 1. The topological polar surface area (TPSA) is 72.5 Å². The summed E-state index contributed by atoms with van der Waals surface area (Å²) in [6.45, 7) is 2.89. The Morgan fingerprint density at radius 1 is 1.52 bits per heavy atom. The predicted octanol–water partition coefficient (Wildman–Crippen LogP) is 1.91. The second kappa shape index (κ2) is 6.29. The second-order valence-corrected chi connectivity index (χ2v) is 7.48. The highest BCUT2D eigenvalue weighted by atomic mass is 35.7. The van der Waals surface area contributed by atoms with Gasteiger partial charge < -0.3 is 10.1 Å². The van der Waals surface area contributed by atoms with Crippen LogP contribution in [0.2, 0.25) is 0 Å². The van der Waals surface area contributed by atoms with Gasteiger partial charge in [-0.3, -0.25) is 4.79 Å². The minimum Gasteiger partial charge on any atom is -0.378 e. The van der Waals surface area contributed by atoms with Gasteiger partial charge in [0.25, 0.3) is 15.0 Å². The van der Waals surface area contributed by atoms with Gasteiger partial charge in [-0.1, -0.05) is 0 Å². The fourth-order valence-corrected chi connectivity index (χ4v) is 2.97. The van der Waals surface area contributed by atoms with Gasteiger partial charge in [0.15, 0.2) is 0 Å². The molecule has 2 rings (SSSR count). The van der Waals surface area contributed by atoms with Crippen molar-refractivity contribution >= 4 is 25.6 Å². The lowest BCUT2D eigenvalue weighted by atomic mass is 10.0. The van der Waals surface area contributed by atoms with E-state index in [2.05, 4.69) is 5.32 Å². The monoisotopic (exact) mass is 335 g/mol. The largest absolute Gasteiger partial charge is 0.378 e. The molecular formula is C13H15ClFNO4S. The van der Waals surface area contributed by atoms with Crippen molar-refractivity contribution in [3.8, 4) is 0 Å². The van der Waals surface area contributed by atoms with Gasteiger partial charge in [-0.05, 0) is 31.5 Å². The third kappa shape index (κ3) is 3.93. The van der Waals surface area contributed by atoms with Gasteiger partial charge in [0, 0.05) is 29.8 Å². The molecule has 0 bridgehead atoms. The Labute approximate surface area is 126 Å². The first-order chi connectivity index (χ1) is 9.79. The van der Waals surface area contributed by atoms with E-state index in [9.17, 15) is 17.6 Å². The number of hydrogen-bond acceptors (Lipinski definition) is 4. The number of carbonyl (C=O) groups excluding carboxylic acids is 1. The molecule has 0 spiro atoms. The van der Waals surface area contributed by atoms with Gasteiger partial charge >= 0.3 is 0 Å². The number of carbonyl (C=O) groups is 1. The molecule has 8 heteroatoms. The first kappa shape index (κ1) is 16.2. The molecule has 0 saturated carbocycles. The summed E-state index contributed by atoms with van der Waals surface area (Å²) >= 11 is 0. The molecule has 0 aromatic heterocycles. The normalized spacial score (nSPS) is 22.2. The Morgan fingerprint density at radius 2 is 2.24 bits per heavy atom. The van der Waals surface area contributed by atoms with Crippen LogP contribution in [-0.4, -0.2) is 33.6 Å². The summed E-state index contributed by atoms with van der Waals surface area (Å²) in [6, 6.07) is 2.86. The van der Waals surface area contributed by atoms with Crippen molar-refractivity contribution in [1.29, 1.82) is 0 Å². The van der Waals surface area contributed by atoms with E-state index in [-0.39, 0.29) is 22.5 Å². The SMILES string of the molecule is CC1OCCC1CNC(=O)c1cc(S(=O)(=O)Cl)ccc1F. The summed E-state index contributed by atoms with van der Waals surface area (Å²) < 4.78 is 41.5. The van der Waals surface area contributed by atoms with Crippen LogP contribution in [0.3, 0.4) is 0 Å². The average molecular weight is 336 g/mol. The molecule has 21 heavy (non-hydrogen) atoms. The van der Waals surface area contributed by atoms with E-state index in [0.717, 1.165) is 24.6 Å². The van der Waals surface area contributed by atoms with Gasteiger partial charge in [0.1, 0.15) is 5.82 Å². The highest BCUT2D eigenvalue weighted by Gasteiger charge is 2.25. The summed E-state index contributed by atoms with van der Waals surface area (Å²) in [5.74, 6) is -1.31. The van der Waals surface area contributed by atoms with Crippen molar-refractivity contribution in [2.75, 3.05) is 13.2 Å². The quantitative estimate of drug-likeness (QED) is 0.853. The minimum absolute atomic E-state index is 0.0321. The Balaban J connectivity index is 2.11. The summed E-state index contributed by atoms with van der Waals surface area (Å²) in [5, 5.41) is 2.59.